The third kappa shape index (κ3) is 3.12. The van der Waals surface area contributed by atoms with Crippen LogP contribution in [0.1, 0.15) is 18.1 Å². The van der Waals surface area contributed by atoms with Crippen LogP contribution in [0.25, 0.3) is 0 Å². The molecule has 2 heteroatoms. The van der Waals surface area contributed by atoms with Gasteiger partial charge in [0.1, 0.15) is 4.75 Å². The summed E-state index contributed by atoms with van der Waals surface area (Å²) in [5.74, 6) is 0. The minimum Gasteiger partial charge on any atom is -0.197 e. The highest BCUT2D eigenvalue weighted by Crippen LogP contribution is 2.19. The van der Waals surface area contributed by atoms with Crippen molar-refractivity contribution >= 4 is 12.6 Å². The second kappa shape index (κ2) is 3.85. The van der Waals surface area contributed by atoms with E-state index < -0.39 is 4.75 Å². The number of nitrogens with zero attached hydrogens (tertiary/aromatic N) is 1. The van der Waals surface area contributed by atoms with E-state index in [0.29, 0.717) is 6.42 Å². The lowest BCUT2D eigenvalue weighted by Crippen LogP contribution is -2.16. The summed E-state index contributed by atoms with van der Waals surface area (Å²) < 4.78 is -0.581. The molecule has 67 valence electrons. The Hall–Kier alpha value is -0.940. The average Bonchev–Trinajstić information content (AvgIpc) is 2.09. The summed E-state index contributed by atoms with van der Waals surface area (Å²) in [6, 6.07) is 10.00. The zero-order valence-electron chi connectivity index (χ0n) is 7.62. The first-order valence-electron chi connectivity index (χ1n) is 4.08. The summed E-state index contributed by atoms with van der Waals surface area (Å²) >= 11 is 4.25. The number of thiol groups is 1. The molecule has 0 N–H and O–H groups in total. The van der Waals surface area contributed by atoms with Crippen molar-refractivity contribution in [1.29, 1.82) is 5.26 Å². The van der Waals surface area contributed by atoms with Crippen LogP contribution < -0.4 is 0 Å². The van der Waals surface area contributed by atoms with Crippen molar-refractivity contribution in [1.82, 2.24) is 0 Å². The molecule has 1 nitrogen and oxygen atoms in total. The van der Waals surface area contributed by atoms with Crippen LogP contribution >= 0.6 is 12.6 Å². The third-order valence-electron chi connectivity index (χ3n) is 1.81. The van der Waals surface area contributed by atoms with Gasteiger partial charge in [0.25, 0.3) is 0 Å². The quantitative estimate of drug-likeness (QED) is 0.712. The number of hydrogen-bond acceptors (Lipinski definition) is 2. The standard InChI is InChI=1S/C11H12NS/c1-9-3-5-10(6-4-9)7-11(2,13)8-12/h3-6,13H,1,7H2,2H3. The van der Waals surface area contributed by atoms with E-state index in [1.165, 1.54) is 0 Å². The average molecular weight is 190 g/mol. The van der Waals surface area contributed by atoms with Crippen LogP contribution in [-0.2, 0) is 6.42 Å². The van der Waals surface area contributed by atoms with E-state index in [4.69, 9.17) is 5.26 Å². The number of hydrogen-bond donors (Lipinski definition) is 1. The van der Waals surface area contributed by atoms with Crippen LogP contribution in [0.2, 0.25) is 0 Å². The number of benzene rings is 1. The first kappa shape index (κ1) is 10.1. The van der Waals surface area contributed by atoms with E-state index in [-0.39, 0.29) is 0 Å². The van der Waals surface area contributed by atoms with E-state index in [2.05, 4.69) is 25.6 Å². The summed E-state index contributed by atoms with van der Waals surface area (Å²) in [4.78, 5) is 0. The van der Waals surface area contributed by atoms with Crippen molar-refractivity contribution < 1.29 is 0 Å². The van der Waals surface area contributed by atoms with Gasteiger partial charge < -0.3 is 0 Å². The van der Waals surface area contributed by atoms with Crippen LogP contribution in [0.5, 0.6) is 0 Å². The molecular formula is C11H12NS. The smallest absolute Gasteiger partial charge is 0.101 e. The maximum Gasteiger partial charge on any atom is 0.101 e. The van der Waals surface area contributed by atoms with Gasteiger partial charge in [-0.25, -0.2) is 0 Å². The number of rotatable bonds is 2. The summed E-state index contributed by atoms with van der Waals surface area (Å²) in [6.45, 7) is 5.61. The highest BCUT2D eigenvalue weighted by Gasteiger charge is 2.17. The minimum atomic E-state index is -0.581. The fourth-order valence-corrected chi connectivity index (χ4v) is 1.28. The Bertz CT molecular complexity index is 319. The molecule has 0 saturated heterocycles. The van der Waals surface area contributed by atoms with Crippen molar-refractivity contribution in [2.45, 2.75) is 18.1 Å². The van der Waals surface area contributed by atoms with Crippen molar-refractivity contribution in [3.63, 3.8) is 0 Å². The monoisotopic (exact) mass is 190 g/mol. The predicted octanol–water partition coefficient (Wildman–Crippen LogP) is 2.62. The Kier molecular flexibility index (Phi) is 3.00. The topological polar surface area (TPSA) is 23.8 Å². The molecule has 1 rings (SSSR count). The van der Waals surface area contributed by atoms with Crippen LogP contribution in [-0.4, -0.2) is 4.75 Å². The van der Waals surface area contributed by atoms with Crippen LogP contribution in [0.15, 0.2) is 24.3 Å². The van der Waals surface area contributed by atoms with Crippen molar-refractivity contribution in [3.8, 4) is 6.07 Å². The van der Waals surface area contributed by atoms with Gasteiger partial charge in [0, 0.05) is 0 Å². The maximum atomic E-state index is 8.77. The zero-order chi connectivity index (χ0) is 9.90. The second-order valence-corrected chi connectivity index (χ2v) is 4.37. The summed E-state index contributed by atoms with van der Waals surface area (Å²) in [5.41, 5.74) is 2.10. The molecular weight excluding hydrogens is 178 g/mol. The third-order valence-corrected chi connectivity index (χ3v) is 2.07. The van der Waals surface area contributed by atoms with Crippen LogP contribution in [0.3, 0.4) is 0 Å². The minimum absolute atomic E-state index is 0.581. The second-order valence-electron chi connectivity index (χ2n) is 3.38. The van der Waals surface area contributed by atoms with Gasteiger partial charge in [-0.15, -0.1) is 0 Å². The fourth-order valence-electron chi connectivity index (χ4n) is 1.09. The van der Waals surface area contributed by atoms with Gasteiger partial charge >= 0.3 is 0 Å². The molecule has 0 aromatic heterocycles. The first-order valence-corrected chi connectivity index (χ1v) is 4.53. The molecule has 1 unspecified atom stereocenters. The van der Waals surface area contributed by atoms with Crippen LogP contribution in [0, 0.1) is 18.3 Å². The molecule has 0 aliphatic heterocycles. The van der Waals surface area contributed by atoms with E-state index in [9.17, 15) is 0 Å². The van der Waals surface area contributed by atoms with Crippen molar-refractivity contribution in [2.24, 2.45) is 0 Å². The Morgan fingerprint density at radius 1 is 1.46 bits per heavy atom. The molecule has 0 aliphatic carbocycles. The normalized spacial score (nSPS) is 14.6. The summed E-state index contributed by atoms with van der Waals surface area (Å²) in [7, 11) is 0. The Labute approximate surface area is 84.8 Å². The molecule has 0 aliphatic rings. The van der Waals surface area contributed by atoms with Gasteiger partial charge in [-0.3, -0.25) is 0 Å². The molecule has 0 amide bonds. The van der Waals surface area contributed by atoms with E-state index >= 15 is 0 Å². The fraction of sp³-hybridized carbons (Fsp3) is 0.273. The van der Waals surface area contributed by atoms with Gasteiger partial charge in [-0.1, -0.05) is 24.3 Å². The summed E-state index contributed by atoms with van der Waals surface area (Å²) in [5, 5.41) is 8.77. The molecule has 0 fully saturated rings. The van der Waals surface area contributed by atoms with Gasteiger partial charge in [0.05, 0.1) is 6.07 Å². The number of nitriles is 1. The predicted molar refractivity (Wildman–Crippen MR) is 57.6 cm³/mol. The van der Waals surface area contributed by atoms with Crippen molar-refractivity contribution in [3.05, 3.63) is 42.3 Å². The molecule has 1 radical (unpaired) electrons. The molecule has 0 heterocycles. The van der Waals surface area contributed by atoms with Gasteiger partial charge in [0.2, 0.25) is 0 Å². The lowest BCUT2D eigenvalue weighted by molar-refractivity contribution is 0.803. The molecule has 0 bridgehead atoms. The molecule has 0 saturated carbocycles. The SMILES string of the molecule is [CH2]c1ccc(CC(C)(S)C#N)cc1. The molecule has 0 spiro atoms. The first-order chi connectivity index (χ1) is 6.03. The Morgan fingerprint density at radius 2 is 2.00 bits per heavy atom. The Morgan fingerprint density at radius 3 is 2.46 bits per heavy atom. The Balaban J connectivity index is 2.77. The molecule has 13 heavy (non-hydrogen) atoms. The van der Waals surface area contributed by atoms with Gasteiger partial charge in [-0.2, -0.15) is 17.9 Å². The highest BCUT2D eigenvalue weighted by atomic mass is 32.1. The largest absolute Gasteiger partial charge is 0.197 e. The van der Waals surface area contributed by atoms with E-state index in [0.717, 1.165) is 11.1 Å². The van der Waals surface area contributed by atoms with Crippen molar-refractivity contribution in [2.75, 3.05) is 0 Å². The van der Waals surface area contributed by atoms with E-state index in [1.807, 2.05) is 31.2 Å². The zero-order valence-corrected chi connectivity index (χ0v) is 8.51. The van der Waals surface area contributed by atoms with Crippen LogP contribution in [0.4, 0.5) is 0 Å². The molecule has 1 aromatic rings. The lowest BCUT2D eigenvalue weighted by Gasteiger charge is -2.13. The molecule has 1 atom stereocenters. The maximum absolute atomic E-state index is 8.77. The molecule has 1 aromatic carbocycles. The highest BCUT2D eigenvalue weighted by molar-refractivity contribution is 7.82. The van der Waals surface area contributed by atoms with Gasteiger partial charge in [-0.05, 0) is 31.4 Å². The van der Waals surface area contributed by atoms with Gasteiger partial charge in [0.15, 0.2) is 0 Å². The van der Waals surface area contributed by atoms with E-state index in [1.54, 1.807) is 0 Å². The lowest BCUT2D eigenvalue weighted by atomic mass is 10.0. The summed E-state index contributed by atoms with van der Waals surface area (Å²) in [6.07, 6.45) is 0.660.